The third-order valence-electron chi connectivity index (χ3n) is 4.96. The molecule has 4 nitrogen and oxygen atoms in total. The van der Waals surface area contributed by atoms with Gasteiger partial charge in [-0.2, -0.15) is 0 Å². The average Bonchev–Trinajstić information content (AvgIpc) is 2.62. The Morgan fingerprint density at radius 3 is 2.59 bits per heavy atom. The largest absolute Gasteiger partial charge is 0.466 e. The lowest BCUT2D eigenvalue weighted by molar-refractivity contribution is -0.144. The van der Waals surface area contributed by atoms with Crippen molar-refractivity contribution in [3.05, 3.63) is 64.4 Å². The van der Waals surface area contributed by atoms with Crippen LogP contribution in [0.1, 0.15) is 37.3 Å². The molecule has 1 atom stereocenters. The van der Waals surface area contributed by atoms with Crippen molar-refractivity contribution in [2.45, 2.75) is 42.2 Å². The number of carbonyl (C=O) groups excluding carboxylic acids is 1. The van der Waals surface area contributed by atoms with E-state index in [1.807, 2.05) is 0 Å². The first-order valence-corrected chi connectivity index (χ1v) is 10.6. The number of hydrogen-bond donors (Lipinski definition) is 0. The van der Waals surface area contributed by atoms with Gasteiger partial charge in [0.1, 0.15) is 10.6 Å². The molecule has 0 bridgehead atoms. The highest BCUT2D eigenvalue weighted by molar-refractivity contribution is 7.92. The number of esters is 1. The lowest BCUT2D eigenvalue weighted by Crippen LogP contribution is -2.41. The Hall–Kier alpha value is -1.92. The summed E-state index contributed by atoms with van der Waals surface area (Å²) >= 11 is 5.89. The molecule has 0 aromatic heterocycles. The quantitative estimate of drug-likeness (QED) is 0.684. The van der Waals surface area contributed by atoms with Gasteiger partial charge in [-0.3, -0.25) is 4.79 Å². The van der Waals surface area contributed by atoms with Crippen molar-refractivity contribution in [1.29, 1.82) is 0 Å². The fourth-order valence-corrected chi connectivity index (χ4v) is 6.00. The van der Waals surface area contributed by atoms with Gasteiger partial charge in [0.15, 0.2) is 9.84 Å². The fourth-order valence-electron chi connectivity index (χ4n) is 3.73. The van der Waals surface area contributed by atoms with Crippen molar-refractivity contribution >= 4 is 27.4 Å². The minimum atomic E-state index is -4.01. The van der Waals surface area contributed by atoms with Crippen molar-refractivity contribution in [2.75, 3.05) is 6.61 Å². The maximum atomic E-state index is 14.0. The third kappa shape index (κ3) is 3.60. The Morgan fingerprint density at radius 1 is 1.22 bits per heavy atom. The molecular weight excluding hydrogens is 391 g/mol. The van der Waals surface area contributed by atoms with Gasteiger partial charge in [-0.05, 0) is 73.7 Å². The molecule has 1 aliphatic carbocycles. The summed E-state index contributed by atoms with van der Waals surface area (Å²) in [5, 5.41) is 0.406. The van der Waals surface area contributed by atoms with Crippen LogP contribution in [0.3, 0.4) is 0 Å². The summed E-state index contributed by atoms with van der Waals surface area (Å²) in [6.45, 7) is 1.80. The first-order valence-electron chi connectivity index (χ1n) is 8.75. The first kappa shape index (κ1) is 19.8. The molecule has 0 heterocycles. The summed E-state index contributed by atoms with van der Waals surface area (Å²) in [5.74, 6) is -1.15. The summed E-state index contributed by atoms with van der Waals surface area (Å²) in [6, 6.07) is 9.95. The third-order valence-corrected chi connectivity index (χ3v) is 7.70. The lowest BCUT2D eigenvalue weighted by atomic mass is 9.80. The smallest absolute Gasteiger partial charge is 0.307 e. The van der Waals surface area contributed by atoms with Gasteiger partial charge < -0.3 is 4.74 Å². The number of ether oxygens (including phenoxy) is 1. The summed E-state index contributed by atoms with van der Waals surface area (Å²) in [4.78, 5) is 12.4. The molecule has 1 aliphatic rings. The summed E-state index contributed by atoms with van der Waals surface area (Å²) in [7, 11) is -4.01. The normalized spacial score (nSPS) is 19.4. The molecule has 0 saturated heterocycles. The van der Waals surface area contributed by atoms with Crippen molar-refractivity contribution in [3.63, 3.8) is 0 Å². The lowest BCUT2D eigenvalue weighted by Gasteiger charge is -2.38. The van der Waals surface area contributed by atoms with Crippen LogP contribution in [-0.2, 0) is 30.5 Å². The van der Waals surface area contributed by atoms with Crippen LogP contribution in [0.25, 0.3) is 0 Å². The molecule has 0 fully saturated rings. The van der Waals surface area contributed by atoms with Crippen molar-refractivity contribution in [3.8, 4) is 0 Å². The molecule has 2 aromatic rings. The standard InChI is InChI=1S/C20H20ClFO4S/c1-2-26-19(23)13-20(27(24,25)17-9-6-15(21)7-10-17)11-3-4-14-5-8-16(22)12-18(14)20/h5-10,12H,2-4,11,13H2,1H3. The zero-order valence-corrected chi connectivity index (χ0v) is 16.4. The van der Waals surface area contributed by atoms with Gasteiger partial charge in [-0.15, -0.1) is 0 Å². The number of benzene rings is 2. The molecule has 0 N–H and O–H groups in total. The number of rotatable bonds is 5. The Balaban J connectivity index is 2.23. The number of halogens is 2. The second kappa shape index (κ2) is 7.60. The Labute approximate surface area is 163 Å². The topological polar surface area (TPSA) is 60.4 Å². The summed E-state index contributed by atoms with van der Waals surface area (Å²) < 4.78 is 44.8. The Kier molecular flexibility index (Phi) is 5.58. The van der Waals surface area contributed by atoms with Crippen LogP contribution in [0, 0.1) is 5.82 Å². The molecule has 0 radical (unpaired) electrons. The maximum Gasteiger partial charge on any atom is 0.307 e. The van der Waals surface area contributed by atoms with E-state index in [0.29, 0.717) is 23.4 Å². The number of carbonyl (C=O) groups is 1. The van der Waals surface area contributed by atoms with E-state index in [4.69, 9.17) is 16.3 Å². The molecule has 7 heteroatoms. The highest BCUT2D eigenvalue weighted by atomic mass is 35.5. The number of sulfone groups is 1. The highest BCUT2D eigenvalue weighted by Crippen LogP contribution is 2.47. The molecule has 27 heavy (non-hydrogen) atoms. The second-order valence-corrected chi connectivity index (χ2v) is 9.28. The molecular formula is C20H20ClFO4S. The van der Waals surface area contributed by atoms with Gasteiger partial charge >= 0.3 is 5.97 Å². The van der Waals surface area contributed by atoms with Crippen LogP contribution in [0.5, 0.6) is 0 Å². The van der Waals surface area contributed by atoms with Crippen LogP contribution in [-0.4, -0.2) is 21.0 Å². The Morgan fingerprint density at radius 2 is 1.93 bits per heavy atom. The SMILES string of the molecule is CCOC(=O)CC1(S(=O)(=O)c2ccc(Cl)cc2)CCCc2ccc(F)cc21. The van der Waals surface area contributed by atoms with E-state index in [1.54, 1.807) is 13.0 Å². The average molecular weight is 411 g/mol. The number of aryl methyl sites for hydroxylation is 1. The minimum Gasteiger partial charge on any atom is -0.466 e. The predicted octanol–water partition coefficient (Wildman–Crippen LogP) is 4.44. The molecule has 144 valence electrons. The Bertz CT molecular complexity index is 956. The molecule has 0 saturated carbocycles. The van der Waals surface area contributed by atoms with E-state index in [1.165, 1.54) is 36.4 Å². The van der Waals surface area contributed by atoms with Crippen LogP contribution in [0.4, 0.5) is 4.39 Å². The molecule has 0 amide bonds. The van der Waals surface area contributed by atoms with Crippen molar-refractivity contribution in [1.82, 2.24) is 0 Å². The zero-order chi connectivity index (χ0) is 19.7. The van der Waals surface area contributed by atoms with Gasteiger partial charge in [-0.25, -0.2) is 12.8 Å². The van der Waals surface area contributed by atoms with Crippen molar-refractivity contribution in [2.24, 2.45) is 0 Å². The molecule has 0 aliphatic heterocycles. The molecule has 2 aromatic carbocycles. The monoisotopic (exact) mass is 410 g/mol. The predicted molar refractivity (Wildman–Crippen MR) is 101 cm³/mol. The zero-order valence-electron chi connectivity index (χ0n) is 14.9. The van der Waals surface area contributed by atoms with Gasteiger partial charge in [0.25, 0.3) is 0 Å². The van der Waals surface area contributed by atoms with E-state index in [0.717, 1.165) is 5.56 Å². The van der Waals surface area contributed by atoms with Crippen molar-refractivity contribution < 1.29 is 22.3 Å². The molecule has 0 spiro atoms. The molecule has 1 unspecified atom stereocenters. The second-order valence-electron chi connectivity index (χ2n) is 6.59. The fraction of sp³-hybridized carbons (Fsp3) is 0.350. The van der Waals surface area contributed by atoms with Crippen LogP contribution < -0.4 is 0 Å². The van der Waals surface area contributed by atoms with Gasteiger partial charge in [0.05, 0.1) is 17.9 Å². The van der Waals surface area contributed by atoms with Gasteiger partial charge in [0.2, 0.25) is 0 Å². The van der Waals surface area contributed by atoms with E-state index >= 15 is 0 Å². The number of fused-ring (bicyclic) bond motifs is 1. The van der Waals surface area contributed by atoms with E-state index in [9.17, 15) is 17.6 Å². The number of hydrogen-bond acceptors (Lipinski definition) is 4. The van der Waals surface area contributed by atoms with Gasteiger partial charge in [0, 0.05) is 5.02 Å². The van der Waals surface area contributed by atoms with E-state index in [-0.39, 0.29) is 24.3 Å². The van der Waals surface area contributed by atoms with Crippen LogP contribution in [0.15, 0.2) is 47.4 Å². The van der Waals surface area contributed by atoms with Crippen LogP contribution in [0.2, 0.25) is 5.02 Å². The summed E-state index contributed by atoms with van der Waals surface area (Å²) in [5.41, 5.74) is 1.08. The maximum absolute atomic E-state index is 14.0. The highest BCUT2D eigenvalue weighted by Gasteiger charge is 2.50. The van der Waals surface area contributed by atoms with Gasteiger partial charge in [-0.1, -0.05) is 17.7 Å². The van der Waals surface area contributed by atoms with E-state index < -0.39 is 26.4 Å². The minimum absolute atomic E-state index is 0.0494. The van der Waals surface area contributed by atoms with Crippen LogP contribution >= 0.6 is 11.6 Å². The summed E-state index contributed by atoms with van der Waals surface area (Å²) in [6.07, 6.45) is 1.07. The van der Waals surface area contributed by atoms with E-state index in [2.05, 4.69) is 0 Å². The molecule has 3 rings (SSSR count). The first-order chi connectivity index (χ1) is 12.8.